The Labute approximate surface area is 325 Å². The Bertz CT molecular complexity index is 3260. The van der Waals surface area contributed by atoms with Gasteiger partial charge in [-0.3, -0.25) is 0 Å². The maximum Gasteiger partial charge on any atom is 0.136 e. The second-order valence-electron chi connectivity index (χ2n) is 14.5. The fraction of sp³-hybridized carbons (Fsp3) is 0. The Kier molecular flexibility index (Phi) is 7.53. The fourth-order valence-electron chi connectivity index (χ4n) is 8.51. The van der Waals surface area contributed by atoms with Crippen LogP contribution in [0, 0.1) is 0 Å². The maximum absolute atomic E-state index is 6.26. The zero-order valence-corrected chi connectivity index (χ0v) is 30.6. The molecular weight excluding hydrogens is 679 g/mol. The van der Waals surface area contributed by atoms with Crippen molar-refractivity contribution in [1.82, 2.24) is 0 Å². The first-order valence-electron chi connectivity index (χ1n) is 19.2. The summed E-state index contributed by atoms with van der Waals surface area (Å²) in [5.74, 6) is 0. The molecule has 0 saturated carbocycles. The van der Waals surface area contributed by atoms with E-state index in [2.05, 4.69) is 205 Å². The third-order valence-corrected chi connectivity index (χ3v) is 11.2. The van der Waals surface area contributed by atoms with Gasteiger partial charge >= 0.3 is 0 Å². The van der Waals surface area contributed by atoms with Crippen LogP contribution in [0.5, 0.6) is 0 Å². The van der Waals surface area contributed by atoms with Crippen molar-refractivity contribution < 1.29 is 4.42 Å². The van der Waals surface area contributed by atoms with Gasteiger partial charge in [0, 0.05) is 27.7 Å². The van der Waals surface area contributed by atoms with E-state index in [9.17, 15) is 0 Å². The van der Waals surface area contributed by atoms with E-state index in [1.807, 2.05) is 12.1 Å². The largest absolute Gasteiger partial charge is 0.456 e. The van der Waals surface area contributed by atoms with Gasteiger partial charge < -0.3 is 9.32 Å². The summed E-state index contributed by atoms with van der Waals surface area (Å²) in [4.78, 5) is 2.41. The lowest BCUT2D eigenvalue weighted by Gasteiger charge is -2.28. The van der Waals surface area contributed by atoms with E-state index in [0.717, 1.165) is 50.1 Å². The van der Waals surface area contributed by atoms with Crippen molar-refractivity contribution in [2.24, 2.45) is 0 Å². The van der Waals surface area contributed by atoms with Gasteiger partial charge in [0.1, 0.15) is 11.2 Å². The maximum atomic E-state index is 6.26. The Hall–Kier alpha value is -7.42. The summed E-state index contributed by atoms with van der Waals surface area (Å²) in [6, 6.07) is 76.7. The lowest BCUT2D eigenvalue weighted by molar-refractivity contribution is 0.669. The van der Waals surface area contributed by atoms with Gasteiger partial charge in [-0.2, -0.15) is 0 Å². The van der Waals surface area contributed by atoms with Crippen molar-refractivity contribution >= 4 is 71.3 Å². The molecule has 1 aromatic heterocycles. The number of hydrogen-bond acceptors (Lipinski definition) is 2. The third-order valence-electron chi connectivity index (χ3n) is 11.2. The summed E-state index contributed by atoms with van der Waals surface area (Å²) in [6.07, 6.45) is 0. The molecule has 0 fully saturated rings. The molecule has 0 amide bonds. The number of rotatable bonds is 6. The minimum atomic E-state index is 0.900. The van der Waals surface area contributed by atoms with E-state index in [4.69, 9.17) is 4.42 Å². The highest BCUT2D eigenvalue weighted by molar-refractivity contribution is 6.14. The molecule has 0 bridgehead atoms. The molecule has 0 saturated heterocycles. The molecule has 0 radical (unpaired) electrons. The number of fused-ring (bicyclic) bond motifs is 7. The second-order valence-corrected chi connectivity index (χ2v) is 14.5. The van der Waals surface area contributed by atoms with Gasteiger partial charge in [-0.05, 0) is 121 Å². The van der Waals surface area contributed by atoms with E-state index in [1.165, 1.54) is 54.6 Å². The molecule has 11 rings (SSSR count). The van der Waals surface area contributed by atoms with Gasteiger partial charge in [0.2, 0.25) is 0 Å². The zero-order chi connectivity index (χ0) is 37.0. The molecule has 262 valence electrons. The van der Waals surface area contributed by atoms with Crippen LogP contribution in [0.3, 0.4) is 0 Å². The van der Waals surface area contributed by atoms with Crippen LogP contribution >= 0.6 is 0 Å². The molecule has 1 heterocycles. The van der Waals surface area contributed by atoms with Gasteiger partial charge in [-0.25, -0.2) is 0 Å². The molecule has 0 unspecified atom stereocenters. The number of benzene rings is 10. The molecule has 0 N–H and O–H groups in total. The van der Waals surface area contributed by atoms with Crippen LogP contribution in [0.25, 0.3) is 87.6 Å². The molecule has 2 nitrogen and oxygen atoms in total. The molecule has 0 spiro atoms. The fourth-order valence-corrected chi connectivity index (χ4v) is 8.51. The van der Waals surface area contributed by atoms with Crippen molar-refractivity contribution in [3.8, 4) is 33.4 Å². The van der Waals surface area contributed by atoms with E-state index in [1.54, 1.807) is 0 Å². The summed E-state index contributed by atoms with van der Waals surface area (Å²) < 4.78 is 6.26. The second kappa shape index (κ2) is 13.2. The van der Waals surface area contributed by atoms with Crippen LogP contribution in [0.4, 0.5) is 17.1 Å². The molecule has 11 aromatic rings. The van der Waals surface area contributed by atoms with Crippen molar-refractivity contribution in [3.63, 3.8) is 0 Å². The van der Waals surface area contributed by atoms with Crippen LogP contribution in [-0.4, -0.2) is 0 Å². The van der Waals surface area contributed by atoms with Crippen LogP contribution in [-0.2, 0) is 0 Å². The summed E-state index contributed by atoms with van der Waals surface area (Å²) in [7, 11) is 0. The quantitative estimate of drug-likeness (QED) is 0.160. The average molecular weight is 714 g/mol. The predicted molar refractivity (Wildman–Crippen MR) is 237 cm³/mol. The van der Waals surface area contributed by atoms with E-state index < -0.39 is 0 Å². The molecule has 0 atom stereocenters. The highest BCUT2D eigenvalue weighted by atomic mass is 16.3. The first kappa shape index (κ1) is 32.0. The topological polar surface area (TPSA) is 16.4 Å². The van der Waals surface area contributed by atoms with Crippen LogP contribution in [0.2, 0.25) is 0 Å². The average Bonchev–Trinajstić information content (AvgIpc) is 3.65. The predicted octanol–water partition coefficient (Wildman–Crippen LogP) is 15.5. The standard InChI is InChI=1S/C54H35NO/c1-2-13-38-32-42(25-24-36(38)12-1)46-18-7-9-22-52(46)55(43-29-26-37(27-30-43)39-28-31-50-49-21-8-10-23-53(49)56-54(50)35-39)44-16-11-15-40(33-44)51-34-41-14-3-4-17-45(41)47-19-5-6-20-48(47)51/h1-35H. The van der Waals surface area contributed by atoms with Crippen molar-refractivity contribution in [1.29, 1.82) is 0 Å². The molecule has 0 aliphatic rings. The number of furan rings is 1. The van der Waals surface area contributed by atoms with Gasteiger partial charge in [-0.15, -0.1) is 0 Å². The Morgan fingerprint density at radius 3 is 1.80 bits per heavy atom. The minimum Gasteiger partial charge on any atom is -0.456 e. The highest BCUT2D eigenvalue weighted by Gasteiger charge is 2.19. The summed E-state index contributed by atoms with van der Waals surface area (Å²) in [5, 5.41) is 9.76. The van der Waals surface area contributed by atoms with Gasteiger partial charge in [0.05, 0.1) is 5.69 Å². The van der Waals surface area contributed by atoms with Crippen molar-refractivity contribution in [3.05, 3.63) is 212 Å². The highest BCUT2D eigenvalue weighted by Crippen LogP contribution is 2.44. The number of nitrogens with zero attached hydrogens (tertiary/aromatic N) is 1. The Morgan fingerprint density at radius 2 is 0.929 bits per heavy atom. The SMILES string of the molecule is c1cc(-c2cc3ccccc3c3ccccc23)cc(N(c2ccc(-c3ccc4c(c3)oc3ccccc34)cc2)c2ccccc2-c2ccc3ccccc3c2)c1. The monoisotopic (exact) mass is 713 g/mol. The first-order valence-corrected chi connectivity index (χ1v) is 19.2. The molecule has 0 aliphatic heterocycles. The van der Waals surface area contributed by atoms with Gasteiger partial charge in [0.15, 0.2) is 0 Å². The first-order chi connectivity index (χ1) is 27.7. The van der Waals surface area contributed by atoms with Crippen molar-refractivity contribution in [2.75, 3.05) is 4.90 Å². The lowest BCUT2D eigenvalue weighted by Crippen LogP contribution is -2.11. The molecule has 56 heavy (non-hydrogen) atoms. The van der Waals surface area contributed by atoms with Gasteiger partial charge in [-0.1, -0.05) is 152 Å². The van der Waals surface area contributed by atoms with E-state index in [-0.39, 0.29) is 0 Å². The third kappa shape index (κ3) is 5.42. The lowest BCUT2D eigenvalue weighted by atomic mass is 9.93. The van der Waals surface area contributed by atoms with E-state index in [0.29, 0.717) is 0 Å². The normalized spacial score (nSPS) is 11.6. The Balaban J connectivity index is 1.07. The van der Waals surface area contributed by atoms with Crippen LogP contribution in [0.1, 0.15) is 0 Å². The number of para-hydroxylation sites is 2. The van der Waals surface area contributed by atoms with Crippen LogP contribution < -0.4 is 4.90 Å². The molecular formula is C54H35NO. The zero-order valence-electron chi connectivity index (χ0n) is 30.6. The van der Waals surface area contributed by atoms with Gasteiger partial charge in [0.25, 0.3) is 0 Å². The number of anilines is 3. The molecule has 2 heteroatoms. The van der Waals surface area contributed by atoms with Crippen molar-refractivity contribution in [2.45, 2.75) is 0 Å². The smallest absolute Gasteiger partial charge is 0.136 e. The Morgan fingerprint density at radius 1 is 0.286 bits per heavy atom. The van der Waals surface area contributed by atoms with Crippen LogP contribution in [0.15, 0.2) is 217 Å². The number of hydrogen-bond donors (Lipinski definition) is 0. The summed E-state index contributed by atoms with van der Waals surface area (Å²) in [5.41, 5.74) is 12.1. The molecule has 10 aromatic carbocycles. The summed E-state index contributed by atoms with van der Waals surface area (Å²) in [6.45, 7) is 0. The van der Waals surface area contributed by atoms with E-state index >= 15 is 0 Å². The molecule has 0 aliphatic carbocycles. The minimum absolute atomic E-state index is 0.900. The summed E-state index contributed by atoms with van der Waals surface area (Å²) >= 11 is 0.